The lowest BCUT2D eigenvalue weighted by atomic mass is 10.1. The number of benzene rings is 2. The molecule has 1 atom stereocenters. The van der Waals surface area contributed by atoms with Crippen LogP contribution < -0.4 is 0 Å². The van der Waals surface area contributed by atoms with Crippen molar-refractivity contribution in [1.29, 1.82) is 0 Å². The smallest absolute Gasteiger partial charge is 0.212 e. The SMILES string of the molecule is CN(C1CCc2ccccc21)S(=O)(=O)Cc1ccc(Cl)c(Cl)c1. The van der Waals surface area contributed by atoms with Crippen molar-refractivity contribution >= 4 is 33.2 Å². The van der Waals surface area contributed by atoms with Gasteiger partial charge in [-0.3, -0.25) is 0 Å². The molecule has 1 aliphatic carbocycles. The summed E-state index contributed by atoms with van der Waals surface area (Å²) in [5.41, 5.74) is 2.97. The Morgan fingerprint density at radius 2 is 1.87 bits per heavy atom. The highest BCUT2D eigenvalue weighted by molar-refractivity contribution is 7.88. The molecule has 6 heteroatoms. The minimum absolute atomic E-state index is 0.0843. The standard InChI is InChI=1S/C17H17Cl2NO2S/c1-20(17-9-7-13-4-2-3-5-14(13)17)23(21,22)11-12-6-8-15(18)16(19)10-12/h2-6,8,10,17H,7,9,11H2,1H3. The number of fused-ring (bicyclic) bond motifs is 1. The van der Waals surface area contributed by atoms with E-state index in [2.05, 4.69) is 6.07 Å². The molecule has 3 nitrogen and oxygen atoms in total. The van der Waals surface area contributed by atoms with Crippen molar-refractivity contribution in [2.75, 3.05) is 7.05 Å². The number of rotatable bonds is 4. The van der Waals surface area contributed by atoms with Gasteiger partial charge in [0.15, 0.2) is 0 Å². The average molecular weight is 370 g/mol. The van der Waals surface area contributed by atoms with E-state index in [0.29, 0.717) is 15.6 Å². The Bertz CT molecular complexity index is 836. The molecule has 0 aromatic heterocycles. The molecular formula is C17H17Cl2NO2S. The molecule has 0 aliphatic heterocycles. The van der Waals surface area contributed by atoms with Gasteiger partial charge in [-0.15, -0.1) is 0 Å². The van der Waals surface area contributed by atoms with E-state index in [1.54, 1.807) is 25.2 Å². The van der Waals surface area contributed by atoms with Crippen LogP contribution >= 0.6 is 23.2 Å². The zero-order valence-electron chi connectivity index (χ0n) is 12.7. The van der Waals surface area contributed by atoms with Crippen molar-refractivity contribution in [3.8, 4) is 0 Å². The first-order valence-electron chi connectivity index (χ1n) is 7.36. The van der Waals surface area contributed by atoms with Gasteiger partial charge in [0.25, 0.3) is 0 Å². The third kappa shape index (κ3) is 3.41. The van der Waals surface area contributed by atoms with E-state index < -0.39 is 10.0 Å². The van der Waals surface area contributed by atoms with Crippen molar-refractivity contribution in [3.05, 3.63) is 69.2 Å². The fraction of sp³-hybridized carbons (Fsp3) is 0.294. The van der Waals surface area contributed by atoms with Gasteiger partial charge in [-0.2, -0.15) is 4.31 Å². The molecule has 0 spiro atoms. The lowest BCUT2D eigenvalue weighted by Crippen LogP contribution is -2.31. The lowest BCUT2D eigenvalue weighted by Gasteiger charge is -2.25. The maximum atomic E-state index is 12.7. The predicted molar refractivity (Wildman–Crippen MR) is 94.4 cm³/mol. The molecule has 0 heterocycles. The molecule has 0 saturated heterocycles. The summed E-state index contributed by atoms with van der Waals surface area (Å²) in [6, 6.07) is 12.9. The highest BCUT2D eigenvalue weighted by Crippen LogP contribution is 2.36. The molecule has 122 valence electrons. The molecule has 23 heavy (non-hydrogen) atoms. The number of hydrogen-bond acceptors (Lipinski definition) is 2. The van der Waals surface area contributed by atoms with Crippen LogP contribution in [0, 0.1) is 0 Å². The van der Waals surface area contributed by atoms with Crippen molar-refractivity contribution in [2.45, 2.75) is 24.6 Å². The first kappa shape index (κ1) is 16.8. The molecule has 0 saturated carbocycles. The molecule has 0 bridgehead atoms. The highest BCUT2D eigenvalue weighted by Gasteiger charge is 2.32. The van der Waals surface area contributed by atoms with E-state index in [0.717, 1.165) is 18.4 Å². The average Bonchev–Trinajstić information content (AvgIpc) is 2.94. The second-order valence-corrected chi connectivity index (χ2v) is 8.62. The Labute approximate surface area is 146 Å². The van der Waals surface area contributed by atoms with Crippen LogP contribution in [-0.4, -0.2) is 19.8 Å². The largest absolute Gasteiger partial charge is 0.218 e. The van der Waals surface area contributed by atoms with Crippen LogP contribution in [0.1, 0.15) is 29.2 Å². The molecule has 0 fully saturated rings. The first-order chi connectivity index (χ1) is 10.9. The maximum absolute atomic E-state index is 12.7. The Kier molecular flexibility index (Phi) is 4.70. The maximum Gasteiger partial charge on any atom is 0.218 e. The van der Waals surface area contributed by atoms with E-state index >= 15 is 0 Å². The summed E-state index contributed by atoms with van der Waals surface area (Å²) in [5.74, 6) is -0.0843. The van der Waals surface area contributed by atoms with Crippen molar-refractivity contribution in [1.82, 2.24) is 4.31 Å². The summed E-state index contributed by atoms with van der Waals surface area (Å²) in [6.07, 6.45) is 1.73. The Hall–Kier alpha value is -1.07. The number of aryl methyl sites for hydroxylation is 1. The van der Waals surface area contributed by atoms with E-state index in [1.807, 2.05) is 18.2 Å². The van der Waals surface area contributed by atoms with Crippen LogP contribution in [0.5, 0.6) is 0 Å². The summed E-state index contributed by atoms with van der Waals surface area (Å²) in [5, 5.41) is 0.791. The fourth-order valence-electron chi connectivity index (χ4n) is 3.05. The van der Waals surface area contributed by atoms with Crippen LogP contribution in [0.2, 0.25) is 10.0 Å². The second-order valence-electron chi connectivity index (χ2n) is 5.77. The fourth-order valence-corrected chi connectivity index (χ4v) is 4.78. The van der Waals surface area contributed by atoms with Gasteiger partial charge in [-0.25, -0.2) is 8.42 Å². The summed E-state index contributed by atoms with van der Waals surface area (Å²) in [6.45, 7) is 0. The van der Waals surface area contributed by atoms with E-state index in [9.17, 15) is 8.42 Å². The van der Waals surface area contributed by atoms with E-state index in [1.165, 1.54) is 9.87 Å². The summed E-state index contributed by atoms with van der Waals surface area (Å²) >= 11 is 11.9. The zero-order valence-corrected chi connectivity index (χ0v) is 15.0. The Morgan fingerprint density at radius 1 is 1.13 bits per heavy atom. The topological polar surface area (TPSA) is 37.4 Å². The third-order valence-electron chi connectivity index (χ3n) is 4.31. The van der Waals surface area contributed by atoms with Gasteiger partial charge in [0.05, 0.1) is 15.8 Å². The van der Waals surface area contributed by atoms with Crippen LogP contribution in [-0.2, 0) is 22.2 Å². The molecule has 0 N–H and O–H groups in total. The summed E-state index contributed by atoms with van der Waals surface area (Å²) < 4.78 is 27.0. The van der Waals surface area contributed by atoms with Gasteiger partial charge in [0, 0.05) is 13.1 Å². The van der Waals surface area contributed by atoms with Gasteiger partial charge in [0.1, 0.15) is 0 Å². The molecule has 2 aromatic rings. The number of nitrogens with zero attached hydrogens (tertiary/aromatic N) is 1. The quantitative estimate of drug-likeness (QED) is 0.798. The van der Waals surface area contributed by atoms with E-state index in [4.69, 9.17) is 23.2 Å². The number of sulfonamides is 1. The molecule has 1 aliphatic rings. The lowest BCUT2D eigenvalue weighted by molar-refractivity contribution is 0.374. The third-order valence-corrected chi connectivity index (χ3v) is 6.88. The molecule has 3 rings (SSSR count). The Morgan fingerprint density at radius 3 is 2.61 bits per heavy atom. The van der Waals surface area contributed by atoms with Gasteiger partial charge in [-0.05, 0) is 41.7 Å². The minimum atomic E-state index is -3.44. The van der Waals surface area contributed by atoms with Crippen LogP contribution in [0.15, 0.2) is 42.5 Å². The van der Waals surface area contributed by atoms with Gasteiger partial charge in [0.2, 0.25) is 10.0 Å². The first-order valence-corrected chi connectivity index (χ1v) is 9.72. The van der Waals surface area contributed by atoms with Gasteiger partial charge in [-0.1, -0.05) is 53.5 Å². The molecule has 1 unspecified atom stereocenters. The summed E-state index contributed by atoms with van der Waals surface area (Å²) in [7, 11) is -1.79. The molecule has 2 aromatic carbocycles. The van der Waals surface area contributed by atoms with Crippen LogP contribution in [0.3, 0.4) is 0 Å². The molecule has 0 amide bonds. The second kappa shape index (κ2) is 6.44. The van der Waals surface area contributed by atoms with Gasteiger partial charge >= 0.3 is 0 Å². The Balaban J connectivity index is 1.84. The predicted octanol–water partition coefficient (Wildman–Crippen LogP) is 4.44. The highest BCUT2D eigenvalue weighted by atomic mass is 35.5. The van der Waals surface area contributed by atoms with Crippen LogP contribution in [0.25, 0.3) is 0 Å². The zero-order chi connectivity index (χ0) is 16.6. The minimum Gasteiger partial charge on any atom is -0.212 e. The van der Waals surface area contributed by atoms with Crippen LogP contribution in [0.4, 0.5) is 0 Å². The molecular weight excluding hydrogens is 353 g/mol. The van der Waals surface area contributed by atoms with Crippen molar-refractivity contribution < 1.29 is 8.42 Å². The normalized spacial score (nSPS) is 17.5. The monoisotopic (exact) mass is 369 g/mol. The van der Waals surface area contributed by atoms with Crippen molar-refractivity contribution in [2.24, 2.45) is 0 Å². The molecule has 0 radical (unpaired) electrons. The number of hydrogen-bond donors (Lipinski definition) is 0. The van der Waals surface area contributed by atoms with Crippen molar-refractivity contribution in [3.63, 3.8) is 0 Å². The summed E-state index contributed by atoms with van der Waals surface area (Å²) in [4.78, 5) is 0. The number of halogens is 2. The van der Waals surface area contributed by atoms with Gasteiger partial charge < -0.3 is 0 Å². The van der Waals surface area contributed by atoms with E-state index in [-0.39, 0.29) is 11.8 Å².